The highest BCUT2D eigenvalue weighted by atomic mass is 19.1. The minimum absolute atomic E-state index is 0.172. The monoisotopic (exact) mass is 253 g/mol. The molecule has 3 aromatic carbocycles. The van der Waals surface area contributed by atoms with Crippen molar-refractivity contribution in [3.63, 3.8) is 0 Å². The van der Waals surface area contributed by atoms with Gasteiger partial charge in [0.2, 0.25) is 0 Å². The van der Waals surface area contributed by atoms with Crippen LogP contribution in [0.5, 0.6) is 11.5 Å². The molecule has 0 spiro atoms. The molecule has 0 aromatic heterocycles. The molecule has 2 N–H and O–H groups in total. The van der Waals surface area contributed by atoms with Gasteiger partial charge in [-0.25, -0.2) is 4.39 Å². The van der Waals surface area contributed by atoms with Gasteiger partial charge in [-0.15, -0.1) is 0 Å². The van der Waals surface area contributed by atoms with Crippen molar-refractivity contribution in [3.05, 3.63) is 66.5 Å². The van der Waals surface area contributed by atoms with Gasteiger partial charge in [0.1, 0.15) is 5.75 Å². The summed E-state index contributed by atoms with van der Waals surface area (Å²) in [6, 6.07) is 17.9. The lowest BCUT2D eigenvalue weighted by Crippen LogP contribution is -1.92. The average Bonchev–Trinajstić information content (AvgIpc) is 2.42. The maximum absolute atomic E-state index is 13.7. The Kier molecular flexibility index (Phi) is 2.80. The standard InChI is InChI=1S/C16H12FNO/c17-14-10-12(18)8-9-16(14)19-15-7-3-5-11-4-1-2-6-13(11)15/h1-10H,18H2. The van der Waals surface area contributed by atoms with Crippen molar-refractivity contribution in [1.82, 2.24) is 0 Å². The highest BCUT2D eigenvalue weighted by molar-refractivity contribution is 5.88. The fraction of sp³-hybridized carbons (Fsp3) is 0. The predicted molar refractivity (Wildman–Crippen MR) is 74.8 cm³/mol. The van der Waals surface area contributed by atoms with E-state index in [0.29, 0.717) is 11.4 Å². The van der Waals surface area contributed by atoms with Crippen molar-refractivity contribution >= 4 is 16.5 Å². The zero-order valence-electron chi connectivity index (χ0n) is 10.1. The first-order chi connectivity index (χ1) is 9.24. The Morgan fingerprint density at radius 3 is 2.47 bits per heavy atom. The third-order valence-electron chi connectivity index (χ3n) is 2.93. The number of nitrogens with two attached hydrogens (primary N) is 1. The summed E-state index contributed by atoms with van der Waals surface area (Å²) in [4.78, 5) is 0. The van der Waals surface area contributed by atoms with E-state index < -0.39 is 5.82 Å². The van der Waals surface area contributed by atoms with Crippen LogP contribution in [-0.4, -0.2) is 0 Å². The molecule has 0 aliphatic rings. The largest absolute Gasteiger partial charge is 0.454 e. The highest BCUT2D eigenvalue weighted by Gasteiger charge is 2.07. The van der Waals surface area contributed by atoms with E-state index in [9.17, 15) is 4.39 Å². The summed E-state index contributed by atoms with van der Waals surface area (Å²) in [7, 11) is 0. The van der Waals surface area contributed by atoms with Crippen LogP contribution in [0.4, 0.5) is 10.1 Å². The molecule has 0 aliphatic heterocycles. The van der Waals surface area contributed by atoms with Crippen molar-refractivity contribution in [2.45, 2.75) is 0 Å². The first-order valence-corrected chi connectivity index (χ1v) is 5.95. The van der Waals surface area contributed by atoms with E-state index in [0.717, 1.165) is 10.8 Å². The first-order valence-electron chi connectivity index (χ1n) is 5.95. The van der Waals surface area contributed by atoms with E-state index >= 15 is 0 Å². The van der Waals surface area contributed by atoms with Crippen LogP contribution in [-0.2, 0) is 0 Å². The third-order valence-corrected chi connectivity index (χ3v) is 2.93. The van der Waals surface area contributed by atoms with Gasteiger partial charge in [-0.1, -0.05) is 36.4 Å². The van der Waals surface area contributed by atoms with Crippen molar-refractivity contribution < 1.29 is 9.13 Å². The zero-order chi connectivity index (χ0) is 13.2. The second kappa shape index (κ2) is 4.61. The Morgan fingerprint density at radius 2 is 1.63 bits per heavy atom. The molecule has 0 saturated carbocycles. The molecule has 19 heavy (non-hydrogen) atoms. The lowest BCUT2D eigenvalue weighted by molar-refractivity contribution is 0.447. The number of hydrogen-bond donors (Lipinski definition) is 1. The molecule has 2 nitrogen and oxygen atoms in total. The maximum Gasteiger partial charge on any atom is 0.167 e. The number of ether oxygens (including phenoxy) is 1. The SMILES string of the molecule is Nc1ccc(Oc2cccc3ccccc23)c(F)c1. The summed E-state index contributed by atoms with van der Waals surface area (Å²) in [6.45, 7) is 0. The Balaban J connectivity index is 2.06. The van der Waals surface area contributed by atoms with E-state index in [1.165, 1.54) is 12.1 Å². The van der Waals surface area contributed by atoms with E-state index in [1.54, 1.807) is 6.07 Å². The van der Waals surface area contributed by atoms with Crippen LogP contribution in [0.3, 0.4) is 0 Å². The predicted octanol–water partition coefficient (Wildman–Crippen LogP) is 4.35. The smallest absolute Gasteiger partial charge is 0.167 e. The molecule has 3 aromatic rings. The lowest BCUT2D eigenvalue weighted by atomic mass is 10.1. The summed E-state index contributed by atoms with van der Waals surface area (Å²) in [5.74, 6) is 0.334. The van der Waals surface area contributed by atoms with Crippen molar-refractivity contribution in [1.29, 1.82) is 0 Å². The van der Waals surface area contributed by atoms with E-state index in [2.05, 4.69) is 0 Å². The van der Waals surface area contributed by atoms with Crippen molar-refractivity contribution in [2.75, 3.05) is 5.73 Å². The molecule has 3 heteroatoms. The molecule has 0 bridgehead atoms. The number of hydrogen-bond acceptors (Lipinski definition) is 2. The van der Waals surface area contributed by atoms with Gasteiger partial charge in [0.25, 0.3) is 0 Å². The maximum atomic E-state index is 13.7. The van der Waals surface area contributed by atoms with Gasteiger partial charge < -0.3 is 10.5 Å². The second-order valence-corrected chi connectivity index (χ2v) is 4.27. The first kappa shape index (κ1) is 11.5. The number of anilines is 1. The molecule has 0 unspecified atom stereocenters. The molecule has 0 atom stereocenters. The molecule has 94 valence electrons. The van der Waals surface area contributed by atoms with E-state index in [4.69, 9.17) is 10.5 Å². The van der Waals surface area contributed by atoms with Crippen LogP contribution in [0.15, 0.2) is 60.7 Å². The van der Waals surface area contributed by atoms with Crippen LogP contribution < -0.4 is 10.5 Å². The number of halogens is 1. The average molecular weight is 253 g/mol. The third kappa shape index (κ3) is 2.22. The molecule has 0 aliphatic carbocycles. The number of nitrogen functional groups attached to an aromatic ring is 1. The molecule has 0 saturated heterocycles. The molecule has 0 amide bonds. The van der Waals surface area contributed by atoms with Gasteiger partial charge in [0, 0.05) is 17.1 Å². The Bertz CT molecular complexity index is 734. The van der Waals surface area contributed by atoms with Gasteiger partial charge >= 0.3 is 0 Å². The quantitative estimate of drug-likeness (QED) is 0.689. The zero-order valence-corrected chi connectivity index (χ0v) is 10.1. The minimum atomic E-state index is -0.465. The Hall–Kier alpha value is -2.55. The van der Waals surface area contributed by atoms with Crippen LogP contribution in [0.2, 0.25) is 0 Å². The number of fused-ring (bicyclic) bond motifs is 1. The molecule has 3 rings (SSSR count). The summed E-state index contributed by atoms with van der Waals surface area (Å²) < 4.78 is 19.4. The van der Waals surface area contributed by atoms with Gasteiger partial charge in [-0.05, 0) is 23.6 Å². The van der Waals surface area contributed by atoms with Gasteiger partial charge in [-0.3, -0.25) is 0 Å². The summed E-state index contributed by atoms with van der Waals surface area (Å²) in [5, 5.41) is 2.00. The number of benzene rings is 3. The summed E-state index contributed by atoms with van der Waals surface area (Å²) >= 11 is 0. The number of rotatable bonds is 2. The van der Waals surface area contributed by atoms with E-state index in [-0.39, 0.29) is 5.75 Å². The Morgan fingerprint density at radius 1 is 0.842 bits per heavy atom. The van der Waals surface area contributed by atoms with Gasteiger partial charge in [0.05, 0.1) is 0 Å². The fourth-order valence-corrected chi connectivity index (χ4v) is 2.00. The molecule has 0 radical (unpaired) electrons. The van der Waals surface area contributed by atoms with Crippen molar-refractivity contribution in [2.24, 2.45) is 0 Å². The Labute approximate surface area is 110 Å². The summed E-state index contributed by atoms with van der Waals surface area (Å²) in [6.07, 6.45) is 0. The highest BCUT2D eigenvalue weighted by Crippen LogP contribution is 2.31. The molecular weight excluding hydrogens is 241 g/mol. The molecular formula is C16H12FNO. The van der Waals surface area contributed by atoms with Crippen LogP contribution in [0.1, 0.15) is 0 Å². The van der Waals surface area contributed by atoms with Crippen LogP contribution in [0.25, 0.3) is 10.8 Å². The van der Waals surface area contributed by atoms with Crippen LogP contribution >= 0.6 is 0 Å². The normalized spacial score (nSPS) is 10.6. The lowest BCUT2D eigenvalue weighted by Gasteiger charge is -2.10. The van der Waals surface area contributed by atoms with Crippen LogP contribution in [0, 0.1) is 5.82 Å². The van der Waals surface area contributed by atoms with E-state index in [1.807, 2.05) is 42.5 Å². The minimum Gasteiger partial charge on any atom is -0.454 e. The summed E-state index contributed by atoms with van der Waals surface area (Å²) in [5.41, 5.74) is 5.89. The van der Waals surface area contributed by atoms with Crippen molar-refractivity contribution in [3.8, 4) is 11.5 Å². The van der Waals surface area contributed by atoms with Gasteiger partial charge in [0.15, 0.2) is 11.6 Å². The molecule has 0 heterocycles. The second-order valence-electron chi connectivity index (χ2n) is 4.27. The molecule has 0 fully saturated rings. The fourth-order valence-electron chi connectivity index (χ4n) is 2.00. The van der Waals surface area contributed by atoms with Gasteiger partial charge in [-0.2, -0.15) is 0 Å². The topological polar surface area (TPSA) is 35.2 Å².